The molecule has 1 unspecified atom stereocenters. The molecule has 4 heteroatoms. The lowest BCUT2D eigenvalue weighted by atomic mass is 10.0. The average molecular weight is 756 g/mol. The Morgan fingerprint density at radius 2 is 0.814 bits per heavy atom. The van der Waals surface area contributed by atoms with Crippen LogP contribution in [0.2, 0.25) is 0 Å². The summed E-state index contributed by atoms with van der Waals surface area (Å²) in [6.07, 6.45) is -0.305. The van der Waals surface area contributed by atoms with Crippen LogP contribution in [0.5, 0.6) is 5.75 Å². The van der Waals surface area contributed by atoms with E-state index in [-0.39, 0.29) is 6.23 Å². The first-order chi connectivity index (χ1) is 29.2. The molecule has 0 saturated carbocycles. The van der Waals surface area contributed by atoms with Gasteiger partial charge < -0.3 is 19.2 Å². The molecule has 1 aliphatic heterocycles. The second-order valence-electron chi connectivity index (χ2n) is 15.4. The molecule has 2 aromatic heterocycles. The molecule has 59 heavy (non-hydrogen) atoms. The maximum atomic E-state index is 6.72. The molecule has 0 radical (unpaired) electrons. The molecular weight excluding hydrogens is 719 g/mol. The van der Waals surface area contributed by atoms with Crippen LogP contribution >= 0.6 is 0 Å². The minimum absolute atomic E-state index is 0.305. The lowest BCUT2D eigenvalue weighted by molar-refractivity contribution is 0.260. The summed E-state index contributed by atoms with van der Waals surface area (Å²) in [7, 11) is 0. The fourth-order valence-electron chi connectivity index (χ4n) is 9.14. The van der Waals surface area contributed by atoms with E-state index in [1.54, 1.807) is 0 Å². The molecule has 0 saturated heterocycles. The second-order valence-corrected chi connectivity index (χ2v) is 15.4. The standard InChI is InChI=1S/C55H37N3O/c1-3-13-36(14-4-1)38-17-11-19-43(31-38)57-50-23-9-7-21-45(50)47-33-40(26-29-52(47)57)41-25-28-49-54(35-41)59-55(56-49)42-27-30-53-48(34-42)46-22-8-10-24-51(46)58(53)44-20-12-18-39(32-44)37-15-5-2-6-16-37/h1-35,55-56H. The molecule has 4 nitrogen and oxygen atoms in total. The fourth-order valence-corrected chi connectivity index (χ4v) is 9.14. The highest BCUT2D eigenvalue weighted by Crippen LogP contribution is 2.43. The Morgan fingerprint density at radius 3 is 1.44 bits per heavy atom. The van der Waals surface area contributed by atoms with E-state index in [0.717, 1.165) is 39.5 Å². The van der Waals surface area contributed by atoms with E-state index < -0.39 is 0 Å². The quantitative estimate of drug-likeness (QED) is 0.183. The van der Waals surface area contributed by atoms with E-state index in [2.05, 4.69) is 227 Å². The maximum Gasteiger partial charge on any atom is 0.196 e. The Kier molecular flexibility index (Phi) is 7.57. The molecule has 1 aliphatic rings. The van der Waals surface area contributed by atoms with Gasteiger partial charge in [0.1, 0.15) is 5.75 Å². The van der Waals surface area contributed by atoms with Crippen molar-refractivity contribution in [3.05, 3.63) is 218 Å². The van der Waals surface area contributed by atoms with Crippen LogP contribution in [0, 0.1) is 0 Å². The van der Waals surface area contributed by atoms with Gasteiger partial charge in [-0.1, -0.05) is 140 Å². The van der Waals surface area contributed by atoms with Gasteiger partial charge in [0.2, 0.25) is 0 Å². The van der Waals surface area contributed by atoms with Crippen LogP contribution in [0.4, 0.5) is 5.69 Å². The number of fused-ring (bicyclic) bond motifs is 7. The minimum atomic E-state index is -0.305. The minimum Gasteiger partial charge on any atom is -0.464 e. The zero-order valence-corrected chi connectivity index (χ0v) is 32.1. The lowest BCUT2D eigenvalue weighted by Crippen LogP contribution is -2.09. The van der Waals surface area contributed by atoms with Gasteiger partial charge in [-0.15, -0.1) is 0 Å². The first kappa shape index (κ1) is 33.3. The van der Waals surface area contributed by atoms with Crippen molar-refractivity contribution in [2.75, 3.05) is 5.32 Å². The van der Waals surface area contributed by atoms with Gasteiger partial charge in [-0.05, 0) is 106 Å². The van der Waals surface area contributed by atoms with Crippen molar-refractivity contribution in [1.82, 2.24) is 9.13 Å². The molecule has 0 bridgehead atoms. The summed E-state index contributed by atoms with van der Waals surface area (Å²) >= 11 is 0. The highest BCUT2D eigenvalue weighted by Gasteiger charge is 2.25. The van der Waals surface area contributed by atoms with Crippen LogP contribution in [0.1, 0.15) is 11.8 Å². The average Bonchev–Trinajstić information content (AvgIpc) is 3.99. The Balaban J connectivity index is 0.880. The number of aromatic nitrogens is 2. The Morgan fingerprint density at radius 1 is 0.339 bits per heavy atom. The van der Waals surface area contributed by atoms with Gasteiger partial charge >= 0.3 is 0 Å². The molecule has 3 heterocycles. The monoisotopic (exact) mass is 755 g/mol. The van der Waals surface area contributed by atoms with E-state index in [4.69, 9.17) is 4.74 Å². The fraction of sp³-hybridized carbons (Fsp3) is 0.0182. The highest BCUT2D eigenvalue weighted by atomic mass is 16.5. The summed E-state index contributed by atoms with van der Waals surface area (Å²) in [4.78, 5) is 0. The van der Waals surface area contributed by atoms with Gasteiger partial charge in [0.25, 0.3) is 0 Å². The molecule has 11 aromatic rings. The van der Waals surface area contributed by atoms with E-state index in [9.17, 15) is 0 Å². The Hall–Kier alpha value is -7.82. The number of rotatable bonds is 6. The third-order valence-corrected chi connectivity index (χ3v) is 11.9. The molecule has 278 valence electrons. The van der Waals surface area contributed by atoms with Gasteiger partial charge in [-0.3, -0.25) is 0 Å². The molecule has 0 amide bonds. The van der Waals surface area contributed by atoms with E-state index in [1.807, 2.05) is 0 Å². The smallest absolute Gasteiger partial charge is 0.196 e. The number of anilines is 1. The number of ether oxygens (including phenoxy) is 1. The molecular formula is C55H37N3O. The van der Waals surface area contributed by atoms with Gasteiger partial charge in [-0.2, -0.15) is 0 Å². The van der Waals surface area contributed by atoms with E-state index >= 15 is 0 Å². The summed E-state index contributed by atoms with van der Waals surface area (Å²) < 4.78 is 11.5. The van der Waals surface area contributed by atoms with Crippen LogP contribution in [-0.2, 0) is 0 Å². The summed E-state index contributed by atoms with van der Waals surface area (Å²) in [5, 5.41) is 8.53. The maximum absolute atomic E-state index is 6.72. The highest BCUT2D eigenvalue weighted by molar-refractivity contribution is 6.11. The van der Waals surface area contributed by atoms with Crippen LogP contribution in [0.3, 0.4) is 0 Å². The summed E-state index contributed by atoms with van der Waals surface area (Å²) in [6, 6.07) is 76.3. The molecule has 1 N–H and O–H groups in total. The molecule has 1 atom stereocenters. The zero-order valence-electron chi connectivity index (χ0n) is 32.1. The number of nitrogens with one attached hydrogen (secondary N) is 1. The molecule has 9 aromatic carbocycles. The first-order valence-electron chi connectivity index (χ1n) is 20.2. The molecule has 0 aliphatic carbocycles. The Labute approximate surface area is 341 Å². The van der Waals surface area contributed by atoms with Gasteiger partial charge in [0.15, 0.2) is 6.23 Å². The van der Waals surface area contributed by atoms with Crippen molar-refractivity contribution in [2.24, 2.45) is 0 Å². The third kappa shape index (κ3) is 5.53. The lowest BCUT2D eigenvalue weighted by Gasteiger charge is -2.13. The summed E-state index contributed by atoms with van der Waals surface area (Å²) in [5.41, 5.74) is 16.2. The first-order valence-corrected chi connectivity index (χ1v) is 20.2. The van der Waals surface area contributed by atoms with Crippen LogP contribution in [-0.4, -0.2) is 9.13 Å². The van der Waals surface area contributed by atoms with Crippen molar-refractivity contribution < 1.29 is 4.74 Å². The predicted octanol–water partition coefficient (Wildman–Crippen LogP) is 14.4. The van der Waals surface area contributed by atoms with Crippen molar-refractivity contribution in [3.63, 3.8) is 0 Å². The largest absolute Gasteiger partial charge is 0.464 e. The van der Waals surface area contributed by atoms with Crippen molar-refractivity contribution in [1.29, 1.82) is 0 Å². The van der Waals surface area contributed by atoms with Crippen LogP contribution in [0.25, 0.3) is 88.4 Å². The third-order valence-electron chi connectivity index (χ3n) is 11.9. The number of nitrogens with zero attached hydrogens (tertiary/aromatic N) is 2. The topological polar surface area (TPSA) is 31.1 Å². The molecule has 12 rings (SSSR count). The second kappa shape index (κ2) is 13.4. The summed E-state index contributed by atoms with van der Waals surface area (Å²) in [5.74, 6) is 0.855. The number of benzene rings is 9. The SMILES string of the molecule is c1ccc(-c2cccc(-n3c4ccccc4c4cc(-c5ccc6c(c5)OC(c5ccc7c(c5)c5ccccc5n7-c5cccc(-c7ccccc7)c5)N6)ccc43)c2)cc1. The Bertz CT molecular complexity index is 3400. The van der Waals surface area contributed by atoms with E-state index in [1.165, 1.54) is 65.9 Å². The van der Waals surface area contributed by atoms with E-state index in [0.29, 0.717) is 0 Å². The number of hydrogen-bond donors (Lipinski definition) is 1. The van der Waals surface area contributed by atoms with Gasteiger partial charge in [0, 0.05) is 38.5 Å². The van der Waals surface area contributed by atoms with Gasteiger partial charge in [0.05, 0.1) is 27.8 Å². The molecule has 0 fully saturated rings. The predicted molar refractivity (Wildman–Crippen MR) is 245 cm³/mol. The van der Waals surface area contributed by atoms with Crippen LogP contribution in [0.15, 0.2) is 212 Å². The number of hydrogen-bond acceptors (Lipinski definition) is 2. The van der Waals surface area contributed by atoms with Crippen molar-refractivity contribution in [2.45, 2.75) is 6.23 Å². The molecule has 0 spiro atoms. The summed E-state index contributed by atoms with van der Waals surface area (Å²) in [6.45, 7) is 0. The van der Waals surface area contributed by atoms with Crippen LogP contribution < -0.4 is 10.1 Å². The van der Waals surface area contributed by atoms with Gasteiger partial charge in [-0.25, -0.2) is 0 Å². The van der Waals surface area contributed by atoms with Crippen molar-refractivity contribution >= 4 is 49.3 Å². The van der Waals surface area contributed by atoms with Crippen molar-refractivity contribution in [3.8, 4) is 50.5 Å². The zero-order chi connectivity index (χ0) is 38.9. The number of para-hydroxylation sites is 2. The normalized spacial score (nSPS) is 13.5.